The second kappa shape index (κ2) is 3.24. The molecule has 0 radical (unpaired) electrons. The van der Waals surface area contributed by atoms with Gasteiger partial charge in [0.1, 0.15) is 0 Å². The molecule has 0 N–H and O–H groups in total. The average Bonchev–Trinajstić information content (AvgIpc) is 2.31. The summed E-state index contributed by atoms with van der Waals surface area (Å²) in [6.07, 6.45) is 0. The normalized spacial score (nSPS) is 10.2. The smallest absolute Gasteiger partial charge is 0.255 e. The van der Waals surface area contributed by atoms with Crippen LogP contribution in [0.3, 0.4) is 0 Å². The molecule has 1 aromatic rings. The zero-order valence-electron chi connectivity index (χ0n) is 8.88. The fourth-order valence-electron chi connectivity index (χ4n) is 1.31. The van der Waals surface area contributed by atoms with Crippen molar-refractivity contribution in [3.63, 3.8) is 0 Å². The van der Waals surface area contributed by atoms with Crippen molar-refractivity contribution in [1.82, 2.24) is 9.47 Å². The maximum absolute atomic E-state index is 11.6. The summed E-state index contributed by atoms with van der Waals surface area (Å²) in [6.45, 7) is 3.96. The van der Waals surface area contributed by atoms with Crippen molar-refractivity contribution in [3.8, 4) is 0 Å². The van der Waals surface area contributed by atoms with E-state index in [1.165, 1.54) is 0 Å². The number of carbonyl (C=O) groups is 1. The van der Waals surface area contributed by atoms with E-state index in [4.69, 9.17) is 0 Å². The van der Waals surface area contributed by atoms with Crippen LogP contribution in [0.4, 0.5) is 0 Å². The molecule has 1 heterocycles. The molecule has 0 fully saturated rings. The first-order valence-corrected chi connectivity index (χ1v) is 4.29. The van der Waals surface area contributed by atoms with Crippen LogP contribution in [0.2, 0.25) is 0 Å². The number of carbonyl (C=O) groups excluding carboxylic acids is 1. The summed E-state index contributed by atoms with van der Waals surface area (Å²) in [7, 11) is 5.51. The van der Waals surface area contributed by atoms with Crippen molar-refractivity contribution < 1.29 is 4.79 Å². The van der Waals surface area contributed by atoms with Gasteiger partial charge in [0, 0.05) is 32.5 Å². The predicted molar refractivity (Wildman–Crippen MR) is 52.9 cm³/mol. The number of hydrogen-bond donors (Lipinski definition) is 0. The van der Waals surface area contributed by atoms with Crippen LogP contribution in [-0.4, -0.2) is 29.5 Å². The molecule has 72 valence electrons. The summed E-state index contributed by atoms with van der Waals surface area (Å²) in [6, 6.07) is 1.93. The Morgan fingerprint density at radius 2 is 1.92 bits per heavy atom. The van der Waals surface area contributed by atoms with Gasteiger partial charge in [-0.1, -0.05) is 0 Å². The second-order valence-corrected chi connectivity index (χ2v) is 3.54. The van der Waals surface area contributed by atoms with Crippen molar-refractivity contribution in [2.45, 2.75) is 13.8 Å². The summed E-state index contributed by atoms with van der Waals surface area (Å²) in [4.78, 5) is 13.2. The van der Waals surface area contributed by atoms with Crippen molar-refractivity contribution in [3.05, 3.63) is 23.0 Å². The van der Waals surface area contributed by atoms with Gasteiger partial charge in [-0.3, -0.25) is 4.79 Å². The van der Waals surface area contributed by atoms with Crippen molar-refractivity contribution >= 4 is 5.91 Å². The van der Waals surface area contributed by atoms with Crippen molar-refractivity contribution in [2.24, 2.45) is 7.05 Å². The van der Waals surface area contributed by atoms with Gasteiger partial charge in [-0.15, -0.1) is 0 Å². The Bertz CT molecular complexity index is 337. The third kappa shape index (κ3) is 1.59. The van der Waals surface area contributed by atoms with E-state index in [0.29, 0.717) is 0 Å². The fourth-order valence-corrected chi connectivity index (χ4v) is 1.31. The lowest BCUT2D eigenvalue weighted by atomic mass is 10.2. The highest BCUT2D eigenvalue weighted by molar-refractivity contribution is 5.95. The Morgan fingerprint density at radius 1 is 1.38 bits per heavy atom. The average molecular weight is 180 g/mol. The zero-order chi connectivity index (χ0) is 10.2. The Morgan fingerprint density at radius 3 is 2.23 bits per heavy atom. The van der Waals surface area contributed by atoms with E-state index in [1.807, 2.05) is 31.5 Å². The van der Waals surface area contributed by atoms with Gasteiger partial charge in [-0.05, 0) is 19.9 Å². The summed E-state index contributed by atoms with van der Waals surface area (Å²) in [5.74, 6) is 0.0706. The van der Waals surface area contributed by atoms with Gasteiger partial charge < -0.3 is 9.47 Å². The van der Waals surface area contributed by atoms with Crippen LogP contribution in [0.25, 0.3) is 0 Å². The second-order valence-electron chi connectivity index (χ2n) is 3.54. The SMILES string of the molecule is Cc1cc(C(=O)N(C)C)c(C)n1C. The number of hydrogen-bond acceptors (Lipinski definition) is 1. The Balaban J connectivity index is 3.16. The van der Waals surface area contributed by atoms with Gasteiger partial charge in [-0.2, -0.15) is 0 Å². The van der Waals surface area contributed by atoms with E-state index in [9.17, 15) is 4.79 Å². The van der Waals surface area contributed by atoms with Crippen LogP contribution in [0.5, 0.6) is 0 Å². The van der Waals surface area contributed by atoms with Crippen LogP contribution in [0, 0.1) is 13.8 Å². The van der Waals surface area contributed by atoms with Gasteiger partial charge in [0.15, 0.2) is 0 Å². The third-order valence-corrected chi connectivity index (χ3v) is 2.41. The number of aromatic nitrogens is 1. The molecular weight excluding hydrogens is 164 g/mol. The molecular formula is C10H16N2O. The molecule has 0 aliphatic rings. The molecule has 1 rings (SSSR count). The van der Waals surface area contributed by atoms with Gasteiger partial charge >= 0.3 is 0 Å². The standard InChI is InChI=1S/C10H16N2O/c1-7-6-9(8(2)12(7)5)10(13)11(3)4/h6H,1-5H3. The number of amides is 1. The number of rotatable bonds is 1. The molecule has 3 nitrogen and oxygen atoms in total. The van der Waals surface area contributed by atoms with E-state index in [-0.39, 0.29) is 5.91 Å². The van der Waals surface area contributed by atoms with Gasteiger partial charge in [0.05, 0.1) is 5.56 Å². The molecule has 0 saturated heterocycles. The molecule has 0 aliphatic carbocycles. The first kappa shape index (κ1) is 9.84. The lowest BCUT2D eigenvalue weighted by molar-refractivity contribution is 0.0827. The molecule has 13 heavy (non-hydrogen) atoms. The van der Waals surface area contributed by atoms with Crippen molar-refractivity contribution in [1.29, 1.82) is 0 Å². The first-order valence-electron chi connectivity index (χ1n) is 4.29. The maximum Gasteiger partial charge on any atom is 0.255 e. The molecule has 0 unspecified atom stereocenters. The minimum absolute atomic E-state index is 0.0706. The molecule has 3 heteroatoms. The topological polar surface area (TPSA) is 25.2 Å². The van der Waals surface area contributed by atoms with Crippen molar-refractivity contribution in [2.75, 3.05) is 14.1 Å². The van der Waals surface area contributed by atoms with Crippen LogP contribution in [0.15, 0.2) is 6.07 Å². The summed E-state index contributed by atoms with van der Waals surface area (Å²) >= 11 is 0. The lowest BCUT2D eigenvalue weighted by Crippen LogP contribution is -2.22. The van der Waals surface area contributed by atoms with Crippen LogP contribution in [0.1, 0.15) is 21.7 Å². The molecule has 0 spiro atoms. The van der Waals surface area contributed by atoms with E-state index in [0.717, 1.165) is 17.0 Å². The molecule has 0 aliphatic heterocycles. The van der Waals surface area contributed by atoms with E-state index in [1.54, 1.807) is 19.0 Å². The molecule has 0 bridgehead atoms. The molecule has 1 amide bonds. The van der Waals surface area contributed by atoms with Crippen LogP contribution >= 0.6 is 0 Å². The highest BCUT2D eigenvalue weighted by Crippen LogP contribution is 2.14. The number of aryl methyl sites for hydroxylation is 1. The summed E-state index contributed by atoms with van der Waals surface area (Å²) in [5, 5.41) is 0. The highest BCUT2D eigenvalue weighted by Gasteiger charge is 2.14. The molecule has 0 aromatic carbocycles. The highest BCUT2D eigenvalue weighted by atomic mass is 16.2. The van der Waals surface area contributed by atoms with Crippen LogP contribution in [-0.2, 0) is 7.05 Å². The Labute approximate surface area is 79.0 Å². The van der Waals surface area contributed by atoms with E-state index >= 15 is 0 Å². The van der Waals surface area contributed by atoms with Gasteiger partial charge in [0.2, 0.25) is 0 Å². The minimum atomic E-state index is 0.0706. The molecule has 0 saturated carbocycles. The summed E-state index contributed by atoms with van der Waals surface area (Å²) < 4.78 is 2.02. The van der Waals surface area contributed by atoms with Gasteiger partial charge in [0.25, 0.3) is 5.91 Å². The third-order valence-electron chi connectivity index (χ3n) is 2.41. The first-order chi connectivity index (χ1) is 5.95. The Kier molecular flexibility index (Phi) is 2.45. The minimum Gasteiger partial charge on any atom is -0.351 e. The van der Waals surface area contributed by atoms with E-state index in [2.05, 4.69) is 0 Å². The fraction of sp³-hybridized carbons (Fsp3) is 0.500. The Hall–Kier alpha value is -1.25. The molecule has 1 aromatic heterocycles. The predicted octanol–water partition coefficient (Wildman–Crippen LogP) is 1.34. The van der Waals surface area contributed by atoms with E-state index < -0.39 is 0 Å². The van der Waals surface area contributed by atoms with Crippen LogP contribution < -0.4 is 0 Å². The quantitative estimate of drug-likeness (QED) is 0.640. The van der Waals surface area contributed by atoms with Gasteiger partial charge in [-0.25, -0.2) is 0 Å². The lowest BCUT2D eigenvalue weighted by Gasteiger charge is -2.09. The molecule has 0 atom stereocenters. The largest absolute Gasteiger partial charge is 0.351 e. The monoisotopic (exact) mass is 180 g/mol. The zero-order valence-corrected chi connectivity index (χ0v) is 8.88. The maximum atomic E-state index is 11.6. The number of nitrogens with zero attached hydrogens (tertiary/aromatic N) is 2. The summed E-state index contributed by atoms with van der Waals surface area (Å²) in [5.41, 5.74) is 2.93.